The van der Waals surface area contributed by atoms with Gasteiger partial charge in [0, 0.05) is 24.2 Å². The molecule has 0 saturated carbocycles. The van der Waals surface area contributed by atoms with Crippen molar-refractivity contribution in [2.24, 2.45) is 0 Å². The highest BCUT2D eigenvalue weighted by molar-refractivity contribution is 5.79. The Balaban J connectivity index is 1.16. The van der Waals surface area contributed by atoms with E-state index < -0.39 is 18.3 Å². The maximum absolute atomic E-state index is 12.3. The lowest BCUT2D eigenvalue weighted by molar-refractivity contribution is 0.0185. The van der Waals surface area contributed by atoms with Gasteiger partial charge >= 0.3 is 6.09 Å². The predicted octanol–water partition coefficient (Wildman–Crippen LogP) is 3.81. The van der Waals surface area contributed by atoms with Crippen LogP contribution in [0.3, 0.4) is 0 Å². The van der Waals surface area contributed by atoms with Gasteiger partial charge in [0.2, 0.25) is 0 Å². The molecule has 7 nitrogen and oxygen atoms in total. The molecule has 0 radical (unpaired) electrons. The van der Waals surface area contributed by atoms with Gasteiger partial charge in [0.05, 0.1) is 11.9 Å². The number of nitrogens with one attached hydrogen (secondary N) is 1. The smallest absolute Gasteiger partial charge is 0.407 e. The largest absolute Gasteiger partial charge is 0.449 e. The number of benzene rings is 3. The Labute approximate surface area is 197 Å². The Bertz CT molecular complexity index is 1240. The minimum atomic E-state index is -1.21. The molecule has 1 aliphatic rings. The Morgan fingerprint density at radius 1 is 0.941 bits per heavy atom. The third kappa shape index (κ3) is 4.31. The van der Waals surface area contributed by atoms with Crippen molar-refractivity contribution in [1.29, 1.82) is 0 Å². The lowest BCUT2D eigenvalue weighted by atomic mass is 9.98. The second kappa shape index (κ2) is 9.51. The number of hydrogen-bond donors (Lipinski definition) is 3. The van der Waals surface area contributed by atoms with E-state index in [9.17, 15) is 15.0 Å². The molecule has 1 aliphatic carbocycles. The fraction of sp³-hybridized carbons (Fsp3) is 0.185. The summed E-state index contributed by atoms with van der Waals surface area (Å²) >= 11 is 0. The first-order chi connectivity index (χ1) is 16.6. The number of fused-ring (bicyclic) bond motifs is 3. The summed E-state index contributed by atoms with van der Waals surface area (Å²) in [5, 5.41) is 27.6. The number of aliphatic hydroxyl groups excluding tert-OH is 2. The highest BCUT2D eigenvalue weighted by Crippen LogP contribution is 2.44. The lowest BCUT2D eigenvalue weighted by Crippen LogP contribution is -2.36. The molecule has 3 N–H and O–H groups in total. The molecule has 34 heavy (non-hydrogen) atoms. The van der Waals surface area contributed by atoms with Crippen molar-refractivity contribution in [2.75, 3.05) is 13.2 Å². The molecular weight excluding hydrogens is 430 g/mol. The van der Waals surface area contributed by atoms with Gasteiger partial charge in [-0.3, -0.25) is 0 Å². The molecule has 172 valence electrons. The average molecular weight is 456 g/mol. The molecule has 5 rings (SSSR count). The molecule has 1 heterocycles. The summed E-state index contributed by atoms with van der Waals surface area (Å²) < 4.78 is 7.09. The van der Waals surface area contributed by atoms with E-state index in [4.69, 9.17) is 4.74 Å². The fourth-order valence-corrected chi connectivity index (χ4v) is 4.38. The summed E-state index contributed by atoms with van der Waals surface area (Å²) in [6.45, 7) is 0.0245. The molecule has 0 bridgehead atoms. The third-order valence-corrected chi connectivity index (χ3v) is 6.13. The van der Waals surface area contributed by atoms with Crippen LogP contribution in [0.1, 0.15) is 28.7 Å². The molecule has 1 aromatic heterocycles. The molecule has 0 fully saturated rings. The van der Waals surface area contributed by atoms with Crippen LogP contribution in [-0.4, -0.2) is 45.3 Å². The quantitative estimate of drug-likeness (QED) is 0.394. The maximum Gasteiger partial charge on any atom is 0.407 e. The number of carbonyl (C=O) groups excluding carboxylic acids is 1. The summed E-state index contributed by atoms with van der Waals surface area (Å²) in [5.74, 6) is -0.0440. The van der Waals surface area contributed by atoms with E-state index in [0.29, 0.717) is 5.56 Å². The Morgan fingerprint density at radius 3 is 2.24 bits per heavy atom. The molecule has 7 heteroatoms. The first kappa shape index (κ1) is 21.9. The SMILES string of the molecule is O=C(NCC(O)C(O)c1cnn(-c2ccccc2)c1)OCC1c2ccccc2-c2ccccc21. The molecular formula is C27H25N3O4. The van der Waals surface area contributed by atoms with E-state index in [1.165, 1.54) is 6.20 Å². The molecule has 4 aromatic rings. The third-order valence-electron chi connectivity index (χ3n) is 6.13. The van der Waals surface area contributed by atoms with Crippen LogP contribution in [0.15, 0.2) is 91.3 Å². The summed E-state index contributed by atoms with van der Waals surface area (Å²) in [6.07, 6.45) is 0.0819. The van der Waals surface area contributed by atoms with E-state index in [2.05, 4.69) is 34.7 Å². The van der Waals surface area contributed by atoms with Crippen molar-refractivity contribution in [1.82, 2.24) is 15.1 Å². The lowest BCUT2D eigenvalue weighted by Gasteiger charge is -2.18. The van der Waals surface area contributed by atoms with Crippen molar-refractivity contribution in [3.8, 4) is 16.8 Å². The van der Waals surface area contributed by atoms with Crippen LogP contribution in [0.2, 0.25) is 0 Å². The topological polar surface area (TPSA) is 96.6 Å². The van der Waals surface area contributed by atoms with E-state index in [0.717, 1.165) is 27.9 Å². The molecule has 2 atom stereocenters. The van der Waals surface area contributed by atoms with Gasteiger partial charge in [-0.2, -0.15) is 5.10 Å². The number of amides is 1. The van der Waals surface area contributed by atoms with Gasteiger partial charge in [-0.25, -0.2) is 9.48 Å². The van der Waals surface area contributed by atoms with Crippen LogP contribution in [0, 0.1) is 0 Å². The number of para-hydroxylation sites is 1. The fourth-order valence-electron chi connectivity index (χ4n) is 4.38. The Kier molecular flexibility index (Phi) is 6.12. The molecule has 0 saturated heterocycles. The van der Waals surface area contributed by atoms with Crippen LogP contribution < -0.4 is 5.32 Å². The van der Waals surface area contributed by atoms with Gasteiger partial charge in [0.1, 0.15) is 18.8 Å². The van der Waals surface area contributed by atoms with E-state index in [1.54, 1.807) is 10.9 Å². The minimum absolute atomic E-state index is 0.0440. The average Bonchev–Trinajstić information content (AvgIpc) is 3.50. The van der Waals surface area contributed by atoms with Gasteiger partial charge in [-0.15, -0.1) is 0 Å². The van der Waals surface area contributed by atoms with Crippen molar-refractivity contribution in [3.63, 3.8) is 0 Å². The van der Waals surface area contributed by atoms with Gasteiger partial charge in [0.15, 0.2) is 0 Å². The maximum atomic E-state index is 12.3. The van der Waals surface area contributed by atoms with Gasteiger partial charge in [-0.1, -0.05) is 66.7 Å². The predicted molar refractivity (Wildman–Crippen MR) is 128 cm³/mol. The van der Waals surface area contributed by atoms with E-state index in [-0.39, 0.29) is 19.1 Å². The van der Waals surface area contributed by atoms with Gasteiger partial charge in [-0.05, 0) is 34.4 Å². The first-order valence-electron chi connectivity index (χ1n) is 11.2. The molecule has 0 aliphatic heterocycles. The van der Waals surface area contributed by atoms with Gasteiger partial charge < -0.3 is 20.3 Å². The molecule has 0 spiro atoms. The Morgan fingerprint density at radius 2 is 1.56 bits per heavy atom. The van der Waals surface area contributed by atoms with Gasteiger partial charge in [0.25, 0.3) is 0 Å². The van der Waals surface area contributed by atoms with Crippen molar-refractivity contribution in [2.45, 2.75) is 18.1 Å². The zero-order valence-corrected chi connectivity index (χ0v) is 18.4. The monoisotopic (exact) mass is 455 g/mol. The highest BCUT2D eigenvalue weighted by atomic mass is 16.5. The number of alkyl carbamates (subject to hydrolysis) is 1. The summed E-state index contributed by atoms with van der Waals surface area (Å²) in [4.78, 5) is 12.3. The number of aromatic nitrogens is 2. The van der Waals surface area contributed by atoms with Crippen LogP contribution in [0.5, 0.6) is 0 Å². The number of ether oxygens (including phenoxy) is 1. The first-order valence-corrected chi connectivity index (χ1v) is 11.2. The number of aliphatic hydroxyl groups is 2. The van der Waals surface area contributed by atoms with Crippen molar-refractivity contribution < 1.29 is 19.7 Å². The second-order valence-electron chi connectivity index (χ2n) is 8.27. The number of nitrogens with zero attached hydrogens (tertiary/aromatic N) is 2. The van der Waals surface area contributed by atoms with Crippen molar-refractivity contribution >= 4 is 6.09 Å². The standard InChI is InChI=1S/C27H25N3O4/c31-25(26(32)18-14-29-30(16-18)19-8-2-1-3-9-19)15-28-27(33)34-17-24-22-12-6-4-10-20(22)21-11-5-7-13-23(21)24/h1-14,16,24-26,31-32H,15,17H2,(H,28,33). The van der Waals surface area contributed by atoms with Crippen LogP contribution in [-0.2, 0) is 4.74 Å². The van der Waals surface area contributed by atoms with Crippen LogP contribution in [0.4, 0.5) is 4.79 Å². The number of carbonyl (C=O) groups is 1. The second-order valence-corrected chi connectivity index (χ2v) is 8.27. The van der Waals surface area contributed by atoms with Crippen LogP contribution in [0.25, 0.3) is 16.8 Å². The number of rotatable bonds is 7. The van der Waals surface area contributed by atoms with E-state index in [1.807, 2.05) is 54.6 Å². The zero-order valence-electron chi connectivity index (χ0n) is 18.4. The molecule has 3 aromatic carbocycles. The normalized spacial score (nSPS) is 14.2. The zero-order chi connectivity index (χ0) is 23.5. The van der Waals surface area contributed by atoms with Crippen LogP contribution >= 0.6 is 0 Å². The highest BCUT2D eigenvalue weighted by Gasteiger charge is 2.29. The summed E-state index contributed by atoms with van der Waals surface area (Å²) in [7, 11) is 0. The summed E-state index contributed by atoms with van der Waals surface area (Å²) in [5.41, 5.74) is 5.85. The number of hydrogen-bond acceptors (Lipinski definition) is 5. The summed E-state index contributed by atoms with van der Waals surface area (Å²) in [6, 6.07) is 25.7. The molecule has 2 unspecified atom stereocenters. The van der Waals surface area contributed by atoms with E-state index >= 15 is 0 Å². The molecule has 1 amide bonds. The Hall–Kier alpha value is -3.94. The van der Waals surface area contributed by atoms with Crippen molar-refractivity contribution in [3.05, 3.63) is 108 Å². The minimum Gasteiger partial charge on any atom is -0.449 e.